The van der Waals surface area contributed by atoms with E-state index in [1.54, 1.807) is 11.8 Å². The third-order valence-corrected chi connectivity index (χ3v) is 4.63. The summed E-state index contributed by atoms with van der Waals surface area (Å²) in [5.41, 5.74) is 0. The number of hydrogen-bond donors (Lipinski definition) is 2. The number of aliphatic hydroxyl groups excluding tert-OH is 1. The van der Waals surface area contributed by atoms with Gasteiger partial charge in [0, 0.05) is 12.5 Å². The van der Waals surface area contributed by atoms with Gasteiger partial charge < -0.3 is 10.4 Å². The fourth-order valence-corrected chi connectivity index (χ4v) is 3.15. The van der Waals surface area contributed by atoms with Crippen LogP contribution >= 0.6 is 11.8 Å². The highest BCUT2D eigenvalue weighted by molar-refractivity contribution is 8.00. The van der Waals surface area contributed by atoms with E-state index in [0.717, 1.165) is 25.0 Å². The molecule has 0 aromatic rings. The quantitative estimate of drug-likeness (QED) is 0.689. The van der Waals surface area contributed by atoms with Gasteiger partial charge in [-0.1, -0.05) is 19.8 Å². The molecule has 0 radical (unpaired) electrons. The summed E-state index contributed by atoms with van der Waals surface area (Å²) < 4.78 is 0. The Labute approximate surface area is 109 Å². The maximum absolute atomic E-state index is 11.8. The van der Waals surface area contributed by atoms with Crippen LogP contribution in [0.5, 0.6) is 0 Å². The summed E-state index contributed by atoms with van der Waals surface area (Å²) in [5.74, 6) is 1.44. The number of nitrogens with one attached hydrogen (secondary N) is 1. The van der Waals surface area contributed by atoms with Crippen LogP contribution in [-0.4, -0.2) is 34.7 Å². The first-order valence-electron chi connectivity index (χ1n) is 6.72. The van der Waals surface area contributed by atoms with Gasteiger partial charge in [0.15, 0.2) is 0 Å². The molecule has 1 rings (SSSR count). The van der Waals surface area contributed by atoms with E-state index >= 15 is 0 Å². The van der Waals surface area contributed by atoms with Crippen molar-refractivity contribution >= 4 is 17.7 Å². The summed E-state index contributed by atoms with van der Waals surface area (Å²) in [6.07, 6.45) is 5.15. The van der Waals surface area contributed by atoms with E-state index in [2.05, 4.69) is 12.2 Å². The Kier molecular flexibility index (Phi) is 6.97. The Balaban J connectivity index is 2.15. The zero-order chi connectivity index (χ0) is 12.7. The first-order chi connectivity index (χ1) is 8.15. The average molecular weight is 259 g/mol. The van der Waals surface area contributed by atoms with Crippen molar-refractivity contribution in [1.29, 1.82) is 0 Å². The highest BCUT2D eigenvalue weighted by Crippen LogP contribution is 2.24. The van der Waals surface area contributed by atoms with Gasteiger partial charge in [0.2, 0.25) is 5.91 Å². The summed E-state index contributed by atoms with van der Waals surface area (Å²) >= 11 is 1.72. The van der Waals surface area contributed by atoms with E-state index in [1.807, 2.05) is 6.92 Å². The van der Waals surface area contributed by atoms with Crippen molar-refractivity contribution in [2.24, 2.45) is 5.92 Å². The fraction of sp³-hybridized carbons (Fsp3) is 0.923. The van der Waals surface area contributed by atoms with Crippen molar-refractivity contribution in [3.8, 4) is 0 Å². The maximum Gasteiger partial charge on any atom is 0.232 e. The van der Waals surface area contributed by atoms with Crippen LogP contribution in [0, 0.1) is 5.92 Å². The van der Waals surface area contributed by atoms with Crippen LogP contribution in [0.25, 0.3) is 0 Å². The Hall–Kier alpha value is -0.220. The molecule has 0 aromatic carbocycles. The molecule has 0 aromatic heterocycles. The molecular formula is C13H25NO2S. The second kappa shape index (κ2) is 7.98. The highest BCUT2D eigenvalue weighted by Gasteiger charge is 2.25. The normalized spacial score (nSPS) is 25.8. The SMILES string of the molecule is CCCCSC(C)C(=O)NCC1CCCC1O. The lowest BCUT2D eigenvalue weighted by atomic mass is 10.1. The van der Waals surface area contributed by atoms with Crippen LogP contribution < -0.4 is 5.32 Å². The van der Waals surface area contributed by atoms with Crippen molar-refractivity contribution in [2.75, 3.05) is 12.3 Å². The molecule has 1 aliphatic carbocycles. The van der Waals surface area contributed by atoms with E-state index in [9.17, 15) is 9.90 Å². The number of rotatable bonds is 7. The third-order valence-electron chi connectivity index (χ3n) is 3.39. The smallest absolute Gasteiger partial charge is 0.232 e. The molecule has 17 heavy (non-hydrogen) atoms. The van der Waals surface area contributed by atoms with Gasteiger partial charge in [-0.25, -0.2) is 0 Å². The Morgan fingerprint density at radius 1 is 1.53 bits per heavy atom. The Bertz CT molecular complexity index is 235. The molecule has 1 amide bonds. The molecule has 3 nitrogen and oxygen atoms in total. The maximum atomic E-state index is 11.8. The molecule has 100 valence electrons. The van der Waals surface area contributed by atoms with Crippen molar-refractivity contribution in [3.05, 3.63) is 0 Å². The predicted molar refractivity (Wildman–Crippen MR) is 73.2 cm³/mol. The van der Waals surface area contributed by atoms with Gasteiger partial charge in [-0.2, -0.15) is 0 Å². The molecule has 3 unspecified atom stereocenters. The second-order valence-electron chi connectivity index (χ2n) is 4.87. The van der Waals surface area contributed by atoms with E-state index < -0.39 is 0 Å². The number of carbonyl (C=O) groups is 1. The lowest BCUT2D eigenvalue weighted by Crippen LogP contribution is -2.36. The number of thioether (sulfide) groups is 1. The van der Waals surface area contributed by atoms with Crippen LogP contribution in [0.15, 0.2) is 0 Å². The minimum absolute atomic E-state index is 0.0279. The first kappa shape index (κ1) is 14.8. The minimum atomic E-state index is -0.210. The molecular weight excluding hydrogens is 234 g/mol. The summed E-state index contributed by atoms with van der Waals surface area (Å²) in [7, 11) is 0. The first-order valence-corrected chi connectivity index (χ1v) is 7.77. The highest BCUT2D eigenvalue weighted by atomic mass is 32.2. The Morgan fingerprint density at radius 2 is 2.29 bits per heavy atom. The van der Waals surface area contributed by atoms with Gasteiger partial charge in [0.25, 0.3) is 0 Å². The average Bonchev–Trinajstić information content (AvgIpc) is 2.72. The van der Waals surface area contributed by atoms with Crippen LogP contribution in [-0.2, 0) is 4.79 Å². The van der Waals surface area contributed by atoms with Crippen molar-refractivity contribution in [3.63, 3.8) is 0 Å². The van der Waals surface area contributed by atoms with Gasteiger partial charge in [-0.05, 0) is 31.9 Å². The standard InChI is InChI=1S/C13H25NO2S/c1-3-4-8-17-10(2)13(16)14-9-11-6-5-7-12(11)15/h10-12,15H,3-9H2,1-2H3,(H,14,16). The van der Waals surface area contributed by atoms with Crippen LogP contribution in [0.4, 0.5) is 0 Å². The molecule has 4 heteroatoms. The molecule has 0 bridgehead atoms. The van der Waals surface area contributed by atoms with E-state index in [0.29, 0.717) is 6.54 Å². The van der Waals surface area contributed by atoms with Crippen molar-refractivity contribution in [1.82, 2.24) is 5.32 Å². The molecule has 0 saturated heterocycles. The predicted octanol–water partition coefficient (Wildman–Crippen LogP) is 2.19. The number of hydrogen-bond acceptors (Lipinski definition) is 3. The zero-order valence-corrected chi connectivity index (χ0v) is 11.8. The van der Waals surface area contributed by atoms with Crippen LogP contribution in [0.2, 0.25) is 0 Å². The number of aliphatic hydroxyl groups is 1. The number of carbonyl (C=O) groups excluding carboxylic acids is 1. The fourth-order valence-electron chi connectivity index (χ4n) is 2.11. The van der Waals surface area contributed by atoms with Gasteiger partial charge in [0.05, 0.1) is 11.4 Å². The molecule has 0 spiro atoms. The summed E-state index contributed by atoms with van der Waals surface area (Å²) in [6, 6.07) is 0. The van der Waals surface area contributed by atoms with E-state index in [-0.39, 0.29) is 23.2 Å². The second-order valence-corrected chi connectivity index (χ2v) is 6.32. The summed E-state index contributed by atoms with van der Waals surface area (Å²) in [6.45, 7) is 4.76. The van der Waals surface area contributed by atoms with Gasteiger partial charge in [-0.15, -0.1) is 11.8 Å². The number of amides is 1. The molecule has 1 saturated carbocycles. The summed E-state index contributed by atoms with van der Waals surface area (Å²) in [5, 5.41) is 12.6. The van der Waals surface area contributed by atoms with E-state index in [1.165, 1.54) is 12.8 Å². The van der Waals surface area contributed by atoms with Crippen LogP contribution in [0.3, 0.4) is 0 Å². The topological polar surface area (TPSA) is 49.3 Å². The van der Waals surface area contributed by atoms with Gasteiger partial charge in [0.1, 0.15) is 0 Å². The minimum Gasteiger partial charge on any atom is -0.393 e. The van der Waals surface area contributed by atoms with E-state index in [4.69, 9.17) is 0 Å². The molecule has 0 heterocycles. The Morgan fingerprint density at radius 3 is 2.88 bits per heavy atom. The van der Waals surface area contributed by atoms with Crippen molar-refractivity contribution in [2.45, 2.75) is 57.3 Å². The largest absolute Gasteiger partial charge is 0.393 e. The molecule has 1 fully saturated rings. The monoisotopic (exact) mass is 259 g/mol. The van der Waals surface area contributed by atoms with Gasteiger partial charge in [-0.3, -0.25) is 4.79 Å². The molecule has 2 N–H and O–H groups in total. The molecule has 3 atom stereocenters. The third kappa shape index (κ3) is 5.30. The molecule has 0 aliphatic heterocycles. The lowest BCUT2D eigenvalue weighted by Gasteiger charge is -2.17. The van der Waals surface area contributed by atoms with Crippen molar-refractivity contribution < 1.29 is 9.90 Å². The van der Waals surface area contributed by atoms with Crippen LogP contribution in [0.1, 0.15) is 46.0 Å². The summed E-state index contributed by atoms with van der Waals surface area (Å²) in [4.78, 5) is 11.8. The molecule has 1 aliphatic rings. The van der Waals surface area contributed by atoms with Gasteiger partial charge >= 0.3 is 0 Å². The zero-order valence-electron chi connectivity index (χ0n) is 10.9. The number of unbranched alkanes of at least 4 members (excludes halogenated alkanes) is 1. The lowest BCUT2D eigenvalue weighted by molar-refractivity contribution is -0.120.